The van der Waals surface area contributed by atoms with Gasteiger partial charge in [0.15, 0.2) is 0 Å². The number of para-hydroxylation sites is 1. The van der Waals surface area contributed by atoms with Gasteiger partial charge in [0.05, 0.1) is 16.4 Å². The van der Waals surface area contributed by atoms with Crippen LogP contribution in [0.4, 0.5) is 0 Å². The number of hydrogen-bond donors (Lipinski definition) is 0. The molecule has 0 bridgehead atoms. The molecule has 7 aromatic rings. The predicted octanol–water partition coefficient (Wildman–Crippen LogP) is 9.44. The number of aromatic nitrogens is 1. The van der Waals surface area contributed by atoms with Crippen molar-refractivity contribution < 1.29 is 0 Å². The Balaban J connectivity index is 1.42. The van der Waals surface area contributed by atoms with E-state index in [1.807, 2.05) is 0 Å². The topological polar surface area (TPSA) is 4.93 Å². The summed E-state index contributed by atoms with van der Waals surface area (Å²) < 4.78 is 2.45. The molecule has 39 heavy (non-hydrogen) atoms. The van der Waals surface area contributed by atoms with Crippen LogP contribution in [0.1, 0.15) is 27.8 Å². The van der Waals surface area contributed by atoms with Crippen LogP contribution in [0.2, 0.25) is 0 Å². The zero-order chi connectivity index (χ0) is 25.7. The van der Waals surface area contributed by atoms with Crippen molar-refractivity contribution in [1.29, 1.82) is 0 Å². The second kappa shape index (κ2) is 7.36. The molecule has 1 heterocycles. The maximum absolute atomic E-state index is 2.47. The van der Waals surface area contributed by atoms with E-state index in [0.717, 1.165) is 0 Å². The van der Waals surface area contributed by atoms with Gasteiger partial charge in [-0.3, -0.25) is 0 Å². The molecule has 0 saturated carbocycles. The Labute approximate surface area is 227 Å². The van der Waals surface area contributed by atoms with Gasteiger partial charge >= 0.3 is 0 Å². The summed E-state index contributed by atoms with van der Waals surface area (Å²) in [6, 6.07) is 49.8. The van der Waals surface area contributed by atoms with Gasteiger partial charge in [0.25, 0.3) is 0 Å². The summed E-state index contributed by atoms with van der Waals surface area (Å²) in [5, 5.41) is 2.60. The Kier molecular flexibility index (Phi) is 3.98. The van der Waals surface area contributed by atoms with Crippen LogP contribution in [0.3, 0.4) is 0 Å². The largest absolute Gasteiger partial charge is 0.309 e. The fourth-order valence-corrected chi connectivity index (χ4v) is 7.59. The first-order valence-corrected chi connectivity index (χ1v) is 13.7. The summed E-state index contributed by atoms with van der Waals surface area (Å²) >= 11 is 0. The molecule has 2 aliphatic rings. The molecule has 6 aromatic carbocycles. The van der Waals surface area contributed by atoms with E-state index in [0.29, 0.717) is 0 Å². The highest BCUT2D eigenvalue weighted by Crippen LogP contribution is 2.62. The second-order valence-electron chi connectivity index (χ2n) is 11.0. The van der Waals surface area contributed by atoms with E-state index >= 15 is 0 Å². The Morgan fingerprint density at radius 1 is 0.436 bits per heavy atom. The molecule has 0 aliphatic heterocycles. The lowest BCUT2D eigenvalue weighted by Crippen LogP contribution is -2.26. The number of fused-ring (bicyclic) bond motifs is 13. The highest BCUT2D eigenvalue weighted by Gasteiger charge is 2.51. The first-order chi connectivity index (χ1) is 19.3. The molecule has 2 aliphatic carbocycles. The van der Waals surface area contributed by atoms with Crippen LogP contribution in [-0.4, -0.2) is 4.57 Å². The summed E-state index contributed by atoms with van der Waals surface area (Å²) in [5.74, 6) is 0. The van der Waals surface area contributed by atoms with Crippen molar-refractivity contribution in [2.75, 3.05) is 0 Å². The molecule has 0 fully saturated rings. The second-order valence-corrected chi connectivity index (χ2v) is 11.0. The Bertz CT molecular complexity index is 2080. The van der Waals surface area contributed by atoms with Crippen LogP contribution < -0.4 is 0 Å². The van der Waals surface area contributed by atoms with E-state index in [4.69, 9.17) is 0 Å². The monoisotopic (exact) mass is 495 g/mol. The highest BCUT2D eigenvalue weighted by molar-refractivity contribution is 6.09. The van der Waals surface area contributed by atoms with Gasteiger partial charge in [-0.25, -0.2) is 0 Å². The van der Waals surface area contributed by atoms with Crippen molar-refractivity contribution >= 4 is 21.8 Å². The molecule has 9 rings (SSSR count). The summed E-state index contributed by atoms with van der Waals surface area (Å²) in [6.45, 7) is 2.18. The molecule has 1 spiro atoms. The van der Waals surface area contributed by atoms with Crippen molar-refractivity contribution in [2.24, 2.45) is 0 Å². The van der Waals surface area contributed by atoms with Crippen molar-refractivity contribution in [3.8, 4) is 27.9 Å². The Hall–Kier alpha value is -4.88. The van der Waals surface area contributed by atoms with Crippen molar-refractivity contribution in [1.82, 2.24) is 4.57 Å². The average molecular weight is 496 g/mol. The van der Waals surface area contributed by atoms with Crippen LogP contribution in [0, 0.1) is 6.92 Å². The standard InChI is InChI=1S/C38H25N/c1-24-18-21-37-31(22-24)30-13-5-9-17-36(30)39(37)25-19-20-29-28-12-4-8-16-34(28)38(35(29)23-25)32-14-6-2-10-26(32)27-11-3-7-15-33(27)38/h2-23H,1H3. The van der Waals surface area contributed by atoms with Crippen molar-refractivity contribution in [3.63, 3.8) is 0 Å². The van der Waals surface area contributed by atoms with Crippen molar-refractivity contribution in [3.05, 3.63) is 161 Å². The van der Waals surface area contributed by atoms with Crippen molar-refractivity contribution in [2.45, 2.75) is 12.3 Å². The average Bonchev–Trinajstić information content (AvgIpc) is 3.58. The number of nitrogens with zero attached hydrogens (tertiary/aromatic N) is 1. The van der Waals surface area contributed by atoms with Crippen LogP contribution in [-0.2, 0) is 5.41 Å². The molecule has 0 radical (unpaired) electrons. The highest BCUT2D eigenvalue weighted by atomic mass is 15.0. The van der Waals surface area contributed by atoms with E-state index in [-0.39, 0.29) is 5.41 Å². The van der Waals surface area contributed by atoms with Crippen LogP contribution in [0.25, 0.3) is 49.7 Å². The van der Waals surface area contributed by atoms with E-state index in [9.17, 15) is 0 Å². The van der Waals surface area contributed by atoms with Gasteiger partial charge in [-0.2, -0.15) is 0 Å². The third kappa shape index (κ3) is 2.51. The van der Waals surface area contributed by atoms with Gasteiger partial charge in [-0.1, -0.05) is 109 Å². The fourth-order valence-electron chi connectivity index (χ4n) is 7.59. The first kappa shape index (κ1) is 21.1. The third-order valence-corrected chi connectivity index (χ3v) is 9.07. The molecule has 0 atom stereocenters. The quantitative estimate of drug-likeness (QED) is 0.214. The molecule has 0 saturated heterocycles. The Morgan fingerprint density at radius 2 is 0.974 bits per heavy atom. The molecular formula is C38H25N. The normalized spacial score (nSPS) is 14.0. The SMILES string of the molecule is Cc1ccc2c(c1)c1ccccc1n2-c1ccc2c(c1)C1(c3ccccc3-c3ccccc31)c1ccccc1-2. The van der Waals surface area contributed by atoms with Crippen LogP contribution in [0.5, 0.6) is 0 Å². The lowest BCUT2D eigenvalue weighted by Gasteiger charge is -2.30. The molecule has 0 amide bonds. The van der Waals surface area contributed by atoms with E-state index in [2.05, 4.69) is 145 Å². The van der Waals surface area contributed by atoms with Gasteiger partial charge in [-0.15, -0.1) is 0 Å². The van der Waals surface area contributed by atoms with Gasteiger partial charge in [-0.05, 0) is 81.8 Å². The summed E-state index contributed by atoms with van der Waals surface area (Å²) in [4.78, 5) is 0. The number of aryl methyl sites for hydroxylation is 1. The molecule has 1 nitrogen and oxygen atoms in total. The van der Waals surface area contributed by atoms with Crippen LogP contribution >= 0.6 is 0 Å². The van der Waals surface area contributed by atoms with Gasteiger partial charge in [0.1, 0.15) is 0 Å². The Morgan fingerprint density at radius 3 is 1.64 bits per heavy atom. The first-order valence-electron chi connectivity index (χ1n) is 13.7. The number of benzene rings is 6. The van der Waals surface area contributed by atoms with E-state index in [1.165, 1.54) is 77.6 Å². The minimum absolute atomic E-state index is 0.329. The molecule has 182 valence electrons. The minimum Gasteiger partial charge on any atom is -0.309 e. The molecular weight excluding hydrogens is 470 g/mol. The predicted molar refractivity (Wildman–Crippen MR) is 162 cm³/mol. The van der Waals surface area contributed by atoms with E-state index < -0.39 is 0 Å². The lowest BCUT2D eigenvalue weighted by molar-refractivity contribution is 0.792. The van der Waals surface area contributed by atoms with E-state index in [1.54, 1.807) is 0 Å². The maximum atomic E-state index is 2.47. The summed E-state index contributed by atoms with van der Waals surface area (Å²) in [6.07, 6.45) is 0. The lowest BCUT2D eigenvalue weighted by atomic mass is 9.70. The maximum Gasteiger partial charge on any atom is 0.0726 e. The van der Waals surface area contributed by atoms with Gasteiger partial charge in [0.2, 0.25) is 0 Å². The molecule has 1 aromatic heterocycles. The minimum atomic E-state index is -0.329. The van der Waals surface area contributed by atoms with Gasteiger partial charge < -0.3 is 4.57 Å². The molecule has 1 heteroatoms. The smallest absolute Gasteiger partial charge is 0.0726 e. The van der Waals surface area contributed by atoms with Gasteiger partial charge in [0, 0.05) is 16.5 Å². The van der Waals surface area contributed by atoms with Crippen LogP contribution in [0.15, 0.2) is 133 Å². The zero-order valence-corrected chi connectivity index (χ0v) is 21.6. The summed E-state index contributed by atoms with van der Waals surface area (Å²) in [7, 11) is 0. The molecule has 0 N–H and O–H groups in total. The number of rotatable bonds is 1. The zero-order valence-electron chi connectivity index (χ0n) is 21.6. The molecule has 0 unspecified atom stereocenters. The number of hydrogen-bond acceptors (Lipinski definition) is 0. The summed E-state index contributed by atoms with van der Waals surface area (Å²) in [5.41, 5.74) is 15.5. The fraction of sp³-hybridized carbons (Fsp3) is 0.0526. The third-order valence-electron chi connectivity index (χ3n) is 9.07.